The Morgan fingerprint density at radius 1 is 0.857 bits per heavy atom. The van der Waals surface area contributed by atoms with Crippen LogP contribution in [-0.4, -0.2) is 22.5 Å². The molecule has 0 N–H and O–H groups in total. The molecule has 0 aliphatic carbocycles. The summed E-state index contributed by atoms with van der Waals surface area (Å²) in [6, 6.07) is 0. The maximum Gasteiger partial charge on any atom is 0.0163 e. The smallest absolute Gasteiger partial charge is 0.0163 e. The van der Waals surface area contributed by atoms with E-state index in [1.165, 1.54) is 12.8 Å². The molecule has 0 aromatic carbocycles. The second-order valence-electron chi connectivity index (χ2n) is 6.89. The van der Waals surface area contributed by atoms with Crippen LogP contribution in [0.2, 0.25) is 0 Å². The largest absolute Gasteiger partial charge is 0.293 e. The fourth-order valence-corrected chi connectivity index (χ4v) is 4.27. The molecule has 0 unspecified atom stereocenters. The van der Waals surface area contributed by atoms with E-state index in [9.17, 15) is 0 Å². The molecule has 0 aromatic rings. The van der Waals surface area contributed by atoms with Crippen LogP contribution in [0.5, 0.6) is 0 Å². The lowest BCUT2D eigenvalue weighted by molar-refractivity contribution is -0.0736. The fourth-order valence-electron chi connectivity index (χ4n) is 4.27. The van der Waals surface area contributed by atoms with Gasteiger partial charge < -0.3 is 0 Å². The molecule has 0 radical (unpaired) electrons. The first-order valence-electron chi connectivity index (χ1n) is 5.88. The summed E-state index contributed by atoms with van der Waals surface area (Å²) in [7, 11) is 0. The van der Waals surface area contributed by atoms with Gasteiger partial charge in [0.05, 0.1) is 0 Å². The Morgan fingerprint density at radius 3 is 1.50 bits per heavy atom. The van der Waals surface area contributed by atoms with Gasteiger partial charge in [0.2, 0.25) is 0 Å². The minimum absolute atomic E-state index is 0.347. The molecule has 0 spiro atoms. The molecule has 0 amide bonds. The zero-order chi connectivity index (χ0) is 11.2. The highest BCUT2D eigenvalue weighted by Gasteiger charge is 2.47. The van der Waals surface area contributed by atoms with Gasteiger partial charge in [0.1, 0.15) is 0 Å². The van der Waals surface area contributed by atoms with Gasteiger partial charge in [-0.2, -0.15) is 0 Å². The molecular formula is C13H27N. The summed E-state index contributed by atoms with van der Waals surface area (Å²) < 4.78 is 0. The quantitative estimate of drug-likeness (QED) is 0.620. The first-order chi connectivity index (χ1) is 6.11. The van der Waals surface area contributed by atoms with E-state index in [4.69, 9.17) is 0 Å². The van der Waals surface area contributed by atoms with Crippen molar-refractivity contribution < 1.29 is 0 Å². The number of rotatable bonds is 1. The van der Waals surface area contributed by atoms with Gasteiger partial charge in [-0.3, -0.25) is 4.90 Å². The van der Waals surface area contributed by atoms with Crippen molar-refractivity contribution in [2.75, 3.05) is 6.54 Å². The normalized spacial score (nSPS) is 30.2. The lowest BCUT2D eigenvalue weighted by Crippen LogP contribution is -2.62. The first kappa shape index (κ1) is 12.0. The molecule has 1 nitrogen and oxygen atoms in total. The molecule has 1 saturated heterocycles. The summed E-state index contributed by atoms with van der Waals surface area (Å²) in [6.07, 6.45) is 2.61. The average molecular weight is 197 g/mol. The Hall–Kier alpha value is -0.0400. The zero-order valence-electron chi connectivity index (χ0n) is 11.1. The third kappa shape index (κ3) is 2.13. The second-order valence-corrected chi connectivity index (χ2v) is 6.89. The Morgan fingerprint density at radius 2 is 1.21 bits per heavy atom. The molecule has 1 aliphatic heterocycles. The molecule has 1 aliphatic rings. The molecule has 1 heteroatoms. The van der Waals surface area contributed by atoms with Crippen molar-refractivity contribution in [2.24, 2.45) is 5.41 Å². The van der Waals surface area contributed by atoms with Gasteiger partial charge in [0.25, 0.3) is 0 Å². The number of likely N-dealkylation sites (tertiary alicyclic amines) is 1. The van der Waals surface area contributed by atoms with Crippen molar-refractivity contribution in [3.63, 3.8) is 0 Å². The van der Waals surface area contributed by atoms with Crippen LogP contribution in [0.3, 0.4) is 0 Å². The number of piperidine rings is 1. The van der Waals surface area contributed by atoms with Crippen molar-refractivity contribution in [1.29, 1.82) is 0 Å². The molecule has 14 heavy (non-hydrogen) atoms. The van der Waals surface area contributed by atoms with Gasteiger partial charge >= 0.3 is 0 Å². The van der Waals surface area contributed by atoms with E-state index in [1.54, 1.807) is 0 Å². The maximum absolute atomic E-state index is 2.66. The van der Waals surface area contributed by atoms with Crippen LogP contribution >= 0.6 is 0 Å². The lowest BCUT2D eigenvalue weighted by Gasteiger charge is -2.58. The minimum Gasteiger partial charge on any atom is -0.293 e. The third-order valence-corrected chi connectivity index (χ3v) is 3.60. The third-order valence-electron chi connectivity index (χ3n) is 3.60. The van der Waals surface area contributed by atoms with Gasteiger partial charge in [-0.25, -0.2) is 0 Å². The van der Waals surface area contributed by atoms with Gasteiger partial charge in [0, 0.05) is 11.1 Å². The molecule has 1 fully saturated rings. The molecule has 0 saturated carbocycles. The highest BCUT2D eigenvalue weighted by molar-refractivity contribution is 5.02. The van der Waals surface area contributed by atoms with E-state index in [2.05, 4.69) is 53.4 Å². The van der Waals surface area contributed by atoms with E-state index in [-0.39, 0.29) is 0 Å². The molecule has 1 rings (SSSR count). The summed E-state index contributed by atoms with van der Waals surface area (Å²) in [6.45, 7) is 17.8. The zero-order valence-corrected chi connectivity index (χ0v) is 11.1. The monoisotopic (exact) mass is 197 g/mol. The van der Waals surface area contributed by atoms with Crippen molar-refractivity contribution in [3.8, 4) is 0 Å². The Balaban J connectivity index is 2.99. The van der Waals surface area contributed by atoms with Crippen LogP contribution in [0, 0.1) is 5.41 Å². The molecule has 84 valence electrons. The van der Waals surface area contributed by atoms with E-state index in [1.807, 2.05) is 0 Å². The molecule has 0 aromatic heterocycles. The van der Waals surface area contributed by atoms with Crippen LogP contribution < -0.4 is 0 Å². The van der Waals surface area contributed by atoms with E-state index in [0.29, 0.717) is 16.5 Å². The molecule has 1 heterocycles. The maximum atomic E-state index is 2.66. The highest BCUT2D eigenvalue weighted by Crippen LogP contribution is 2.47. The Bertz CT molecular complexity index is 193. The van der Waals surface area contributed by atoms with E-state index < -0.39 is 0 Å². The molecule has 0 bridgehead atoms. The van der Waals surface area contributed by atoms with Crippen LogP contribution in [0.4, 0.5) is 0 Å². The number of hydrogen-bond donors (Lipinski definition) is 0. The SMILES string of the molecule is CCN1C(C)(C)CC(C)(C)CC1(C)C. The minimum atomic E-state index is 0.347. The summed E-state index contributed by atoms with van der Waals surface area (Å²) >= 11 is 0. The van der Waals surface area contributed by atoms with Crippen molar-refractivity contribution in [2.45, 2.75) is 72.4 Å². The van der Waals surface area contributed by atoms with Gasteiger partial charge in [0.15, 0.2) is 0 Å². The summed E-state index contributed by atoms with van der Waals surface area (Å²) in [5, 5.41) is 0. The van der Waals surface area contributed by atoms with E-state index >= 15 is 0 Å². The fraction of sp³-hybridized carbons (Fsp3) is 1.00. The van der Waals surface area contributed by atoms with Gasteiger partial charge in [-0.15, -0.1) is 0 Å². The Labute approximate surface area is 89.9 Å². The molecular weight excluding hydrogens is 170 g/mol. The van der Waals surface area contributed by atoms with Crippen molar-refractivity contribution >= 4 is 0 Å². The van der Waals surface area contributed by atoms with Crippen LogP contribution in [0.15, 0.2) is 0 Å². The predicted octanol–water partition coefficient (Wildman–Crippen LogP) is 3.69. The van der Waals surface area contributed by atoms with Gasteiger partial charge in [-0.05, 0) is 52.5 Å². The summed E-state index contributed by atoms with van der Waals surface area (Å²) in [5.74, 6) is 0. The lowest BCUT2D eigenvalue weighted by atomic mass is 9.66. The number of nitrogens with zero attached hydrogens (tertiary/aromatic N) is 1. The summed E-state index contributed by atoms with van der Waals surface area (Å²) in [4.78, 5) is 2.66. The van der Waals surface area contributed by atoms with Crippen LogP contribution in [0.25, 0.3) is 0 Å². The van der Waals surface area contributed by atoms with Gasteiger partial charge in [-0.1, -0.05) is 20.8 Å². The standard InChI is InChI=1S/C13H27N/c1-8-14-12(4,5)9-11(2,3)10-13(14,6)7/h8-10H2,1-7H3. The molecule has 0 atom stereocenters. The van der Waals surface area contributed by atoms with E-state index in [0.717, 1.165) is 6.54 Å². The van der Waals surface area contributed by atoms with Crippen molar-refractivity contribution in [3.05, 3.63) is 0 Å². The van der Waals surface area contributed by atoms with Crippen LogP contribution in [-0.2, 0) is 0 Å². The predicted molar refractivity (Wildman–Crippen MR) is 63.6 cm³/mol. The first-order valence-corrected chi connectivity index (χ1v) is 5.88. The van der Waals surface area contributed by atoms with Crippen LogP contribution in [0.1, 0.15) is 61.3 Å². The average Bonchev–Trinajstić information content (AvgIpc) is 1.76. The second kappa shape index (κ2) is 3.23. The Kier molecular flexibility index (Phi) is 2.78. The van der Waals surface area contributed by atoms with Crippen molar-refractivity contribution in [1.82, 2.24) is 4.90 Å². The topological polar surface area (TPSA) is 3.24 Å². The summed E-state index contributed by atoms with van der Waals surface area (Å²) in [5.41, 5.74) is 1.18. The number of hydrogen-bond acceptors (Lipinski definition) is 1. The highest BCUT2D eigenvalue weighted by atomic mass is 15.3.